The number of ether oxygens (including phenoxy) is 1. The lowest BCUT2D eigenvalue weighted by Crippen LogP contribution is -2.12. The summed E-state index contributed by atoms with van der Waals surface area (Å²) >= 11 is 1.17. The minimum Gasteiger partial charge on any atom is -0.495 e. The van der Waals surface area contributed by atoms with Gasteiger partial charge in [0.05, 0.1) is 13.3 Å². The molecule has 112 valence electrons. The van der Waals surface area contributed by atoms with Gasteiger partial charge >= 0.3 is 0 Å². The van der Waals surface area contributed by atoms with Crippen molar-refractivity contribution in [3.8, 4) is 5.75 Å². The maximum absolute atomic E-state index is 13.1. The van der Waals surface area contributed by atoms with E-state index in [-0.39, 0.29) is 5.56 Å². The highest BCUT2D eigenvalue weighted by Crippen LogP contribution is 2.27. The van der Waals surface area contributed by atoms with E-state index in [2.05, 4.69) is 15.3 Å². The van der Waals surface area contributed by atoms with E-state index < -0.39 is 17.5 Å². The smallest absolute Gasteiger partial charge is 0.257 e. The Morgan fingerprint density at radius 3 is 2.82 bits per heavy atom. The van der Waals surface area contributed by atoms with Crippen LogP contribution in [0.5, 0.6) is 5.75 Å². The Bertz CT molecular complexity index is 866. The standard InChI is InChI=1S/C14H9F2N3O2S/c1-21-8-5-11-13(17-6-8)22-14(18-11)19-12(20)7-2-3-9(15)10(16)4-7/h2-6H,1H3,(H,18,19,20). The summed E-state index contributed by atoms with van der Waals surface area (Å²) in [5.74, 6) is -2.11. The number of thiazole rings is 1. The van der Waals surface area contributed by atoms with Gasteiger partial charge in [-0.25, -0.2) is 18.7 Å². The van der Waals surface area contributed by atoms with E-state index >= 15 is 0 Å². The first-order valence-electron chi connectivity index (χ1n) is 6.14. The van der Waals surface area contributed by atoms with Crippen LogP contribution in [0, 0.1) is 11.6 Å². The molecule has 8 heteroatoms. The molecule has 0 aliphatic carbocycles. The maximum atomic E-state index is 13.1. The Morgan fingerprint density at radius 1 is 1.27 bits per heavy atom. The summed E-state index contributed by atoms with van der Waals surface area (Å²) in [6.45, 7) is 0. The summed E-state index contributed by atoms with van der Waals surface area (Å²) in [5.41, 5.74) is 0.577. The number of hydrogen-bond donors (Lipinski definition) is 1. The molecule has 1 amide bonds. The number of pyridine rings is 1. The Hall–Kier alpha value is -2.61. The van der Waals surface area contributed by atoms with Crippen LogP contribution in [0.15, 0.2) is 30.5 Å². The molecular formula is C14H9F2N3O2S. The van der Waals surface area contributed by atoms with Gasteiger partial charge in [-0.1, -0.05) is 11.3 Å². The molecule has 3 aromatic rings. The van der Waals surface area contributed by atoms with Crippen LogP contribution in [0.3, 0.4) is 0 Å². The van der Waals surface area contributed by atoms with E-state index in [0.29, 0.717) is 21.2 Å². The van der Waals surface area contributed by atoms with Crippen molar-refractivity contribution in [1.82, 2.24) is 9.97 Å². The summed E-state index contributed by atoms with van der Waals surface area (Å²) in [6, 6.07) is 4.61. The monoisotopic (exact) mass is 321 g/mol. The number of benzene rings is 1. The first kappa shape index (κ1) is 14.3. The Kier molecular flexibility index (Phi) is 3.68. The zero-order valence-electron chi connectivity index (χ0n) is 11.3. The van der Waals surface area contributed by atoms with Crippen LogP contribution in [0.1, 0.15) is 10.4 Å². The summed E-state index contributed by atoms with van der Waals surface area (Å²) in [7, 11) is 1.51. The van der Waals surface area contributed by atoms with Crippen molar-refractivity contribution in [3.05, 3.63) is 47.7 Å². The van der Waals surface area contributed by atoms with Gasteiger partial charge in [-0.2, -0.15) is 0 Å². The SMILES string of the molecule is COc1cnc2sc(NC(=O)c3ccc(F)c(F)c3)nc2c1. The minimum absolute atomic E-state index is 0.00342. The van der Waals surface area contributed by atoms with Crippen molar-refractivity contribution in [2.24, 2.45) is 0 Å². The van der Waals surface area contributed by atoms with Crippen LogP contribution >= 0.6 is 11.3 Å². The van der Waals surface area contributed by atoms with Crippen molar-refractivity contribution in [1.29, 1.82) is 0 Å². The van der Waals surface area contributed by atoms with E-state index in [1.54, 1.807) is 12.3 Å². The molecule has 0 unspecified atom stereocenters. The zero-order valence-corrected chi connectivity index (χ0v) is 12.1. The first-order valence-corrected chi connectivity index (χ1v) is 6.95. The van der Waals surface area contributed by atoms with Crippen LogP contribution in [0.25, 0.3) is 10.3 Å². The van der Waals surface area contributed by atoms with E-state index in [4.69, 9.17) is 4.74 Å². The molecule has 2 aromatic heterocycles. The number of nitrogens with one attached hydrogen (secondary N) is 1. The number of carbonyl (C=O) groups is 1. The molecule has 3 rings (SSSR count). The second-order valence-corrected chi connectivity index (χ2v) is 5.28. The van der Waals surface area contributed by atoms with Crippen molar-refractivity contribution in [2.75, 3.05) is 12.4 Å². The number of amides is 1. The number of nitrogens with zero attached hydrogens (tertiary/aromatic N) is 2. The number of fused-ring (bicyclic) bond motifs is 1. The van der Waals surface area contributed by atoms with Gasteiger partial charge in [0.1, 0.15) is 16.1 Å². The number of hydrogen-bond acceptors (Lipinski definition) is 5. The molecule has 0 atom stereocenters. The predicted molar refractivity (Wildman–Crippen MR) is 78.3 cm³/mol. The van der Waals surface area contributed by atoms with E-state index in [1.807, 2.05) is 0 Å². The first-order chi connectivity index (χ1) is 10.6. The Labute approximate surface area is 127 Å². The molecule has 0 saturated heterocycles. The number of anilines is 1. The summed E-state index contributed by atoms with van der Waals surface area (Å²) in [5, 5.41) is 2.84. The number of carbonyl (C=O) groups excluding carboxylic acids is 1. The molecular weight excluding hydrogens is 312 g/mol. The molecule has 0 bridgehead atoms. The Morgan fingerprint density at radius 2 is 2.09 bits per heavy atom. The molecule has 0 spiro atoms. The zero-order chi connectivity index (χ0) is 15.7. The minimum atomic E-state index is -1.08. The van der Waals surface area contributed by atoms with Crippen LogP contribution in [0.4, 0.5) is 13.9 Å². The quantitative estimate of drug-likeness (QED) is 0.804. The van der Waals surface area contributed by atoms with Gasteiger partial charge in [-0.3, -0.25) is 10.1 Å². The Balaban J connectivity index is 1.85. The van der Waals surface area contributed by atoms with Gasteiger partial charge < -0.3 is 4.74 Å². The van der Waals surface area contributed by atoms with Gasteiger partial charge in [0.25, 0.3) is 5.91 Å². The topological polar surface area (TPSA) is 64.1 Å². The van der Waals surface area contributed by atoms with Crippen LogP contribution in [-0.2, 0) is 0 Å². The van der Waals surface area contributed by atoms with E-state index in [9.17, 15) is 13.6 Å². The highest BCUT2D eigenvalue weighted by atomic mass is 32.1. The third-order valence-corrected chi connectivity index (χ3v) is 3.76. The van der Waals surface area contributed by atoms with Crippen LogP contribution in [0.2, 0.25) is 0 Å². The molecule has 1 N–H and O–H groups in total. The van der Waals surface area contributed by atoms with Crippen molar-refractivity contribution in [2.45, 2.75) is 0 Å². The van der Waals surface area contributed by atoms with Gasteiger partial charge in [-0.05, 0) is 18.2 Å². The molecule has 0 aliphatic heterocycles. The highest BCUT2D eigenvalue weighted by Gasteiger charge is 2.13. The third-order valence-electron chi connectivity index (χ3n) is 2.86. The molecule has 2 heterocycles. The number of methoxy groups -OCH3 is 1. The normalized spacial score (nSPS) is 10.7. The second-order valence-electron chi connectivity index (χ2n) is 4.30. The summed E-state index contributed by atoms with van der Waals surface area (Å²) in [6.07, 6.45) is 1.54. The lowest BCUT2D eigenvalue weighted by Gasteiger charge is -2.01. The number of rotatable bonds is 3. The molecule has 22 heavy (non-hydrogen) atoms. The second kappa shape index (κ2) is 5.64. The number of halogens is 2. The fourth-order valence-electron chi connectivity index (χ4n) is 1.78. The molecule has 0 fully saturated rings. The van der Waals surface area contributed by atoms with E-state index in [1.165, 1.54) is 24.5 Å². The molecule has 0 saturated carbocycles. The van der Waals surface area contributed by atoms with Crippen molar-refractivity contribution < 1.29 is 18.3 Å². The lowest BCUT2D eigenvalue weighted by molar-refractivity contribution is 0.102. The number of aromatic nitrogens is 2. The summed E-state index contributed by atoms with van der Waals surface area (Å²) < 4.78 is 31.0. The molecule has 0 aliphatic rings. The van der Waals surface area contributed by atoms with Crippen molar-refractivity contribution in [3.63, 3.8) is 0 Å². The predicted octanol–water partition coefficient (Wildman–Crippen LogP) is 3.23. The average molecular weight is 321 g/mol. The van der Waals surface area contributed by atoms with Gasteiger partial charge in [0, 0.05) is 11.6 Å². The molecule has 0 radical (unpaired) electrons. The van der Waals surface area contributed by atoms with Crippen LogP contribution < -0.4 is 10.1 Å². The molecule has 1 aromatic carbocycles. The van der Waals surface area contributed by atoms with Gasteiger partial charge in [-0.15, -0.1) is 0 Å². The average Bonchev–Trinajstić information content (AvgIpc) is 2.90. The fourth-order valence-corrected chi connectivity index (χ4v) is 2.56. The van der Waals surface area contributed by atoms with E-state index in [0.717, 1.165) is 12.1 Å². The largest absolute Gasteiger partial charge is 0.495 e. The highest BCUT2D eigenvalue weighted by molar-refractivity contribution is 7.21. The summed E-state index contributed by atoms with van der Waals surface area (Å²) in [4.78, 5) is 21.0. The fraction of sp³-hybridized carbons (Fsp3) is 0.0714. The lowest BCUT2D eigenvalue weighted by atomic mass is 10.2. The third kappa shape index (κ3) is 2.73. The molecule has 5 nitrogen and oxygen atoms in total. The van der Waals surface area contributed by atoms with Crippen molar-refractivity contribution >= 4 is 32.7 Å². The van der Waals surface area contributed by atoms with Crippen LogP contribution in [-0.4, -0.2) is 23.0 Å². The van der Waals surface area contributed by atoms with Gasteiger partial charge in [0.2, 0.25) is 0 Å². The van der Waals surface area contributed by atoms with Gasteiger partial charge in [0.15, 0.2) is 16.8 Å². The maximum Gasteiger partial charge on any atom is 0.257 e.